The van der Waals surface area contributed by atoms with Crippen molar-refractivity contribution in [1.82, 2.24) is 20.2 Å². The Morgan fingerprint density at radius 1 is 1.39 bits per heavy atom. The minimum absolute atomic E-state index is 0.145. The molecule has 1 N–H and O–H groups in total. The van der Waals surface area contributed by atoms with Crippen LogP contribution < -0.4 is 0 Å². The average Bonchev–Trinajstić information content (AvgIpc) is 2.60. The summed E-state index contributed by atoms with van der Waals surface area (Å²) < 4.78 is 1.64. The minimum atomic E-state index is -0.828. The van der Waals surface area contributed by atoms with Crippen molar-refractivity contribution >= 4 is 5.97 Å². The molecular formula is C12H20N4O2. The highest BCUT2D eigenvalue weighted by Crippen LogP contribution is 2.73. The monoisotopic (exact) mass is 252 g/mol. The predicted molar refractivity (Wildman–Crippen MR) is 64.9 cm³/mol. The van der Waals surface area contributed by atoms with Gasteiger partial charge in [-0.05, 0) is 21.3 Å². The number of carbonyl (C=O) groups is 1. The van der Waals surface area contributed by atoms with Crippen LogP contribution in [0.2, 0.25) is 0 Å². The summed E-state index contributed by atoms with van der Waals surface area (Å²) in [6.45, 7) is 10.8. The van der Waals surface area contributed by atoms with Gasteiger partial charge < -0.3 is 5.11 Å². The Bertz CT molecular complexity index is 464. The van der Waals surface area contributed by atoms with Gasteiger partial charge in [-0.15, -0.1) is 5.10 Å². The quantitative estimate of drug-likeness (QED) is 0.879. The van der Waals surface area contributed by atoms with Gasteiger partial charge in [0.25, 0.3) is 0 Å². The van der Waals surface area contributed by atoms with Gasteiger partial charge in [-0.3, -0.25) is 4.79 Å². The summed E-state index contributed by atoms with van der Waals surface area (Å²) in [5, 5.41) is 20.7. The number of aromatic nitrogens is 4. The molecule has 1 aliphatic carbocycles. The van der Waals surface area contributed by atoms with E-state index in [4.69, 9.17) is 5.11 Å². The molecule has 0 aromatic carbocycles. The van der Waals surface area contributed by atoms with Crippen LogP contribution in [-0.4, -0.2) is 31.3 Å². The van der Waals surface area contributed by atoms with E-state index in [9.17, 15) is 4.79 Å². The Balaban J connectivity index is 2.23. The second-order valence-corrected chi connectivity index (χ2v) is 6.33. The normalized spacial score (nSPS) is 22.7. The predicted octanol–water partition coefficient (Wildman–Crippen LogP) is 1.54. The van der Waals surface area contributed by atoms with Crippen LogP contribution >= 0.6 is 0 Å². The minimum Gasteiger partial charge on any atom is -0.481 e. The summed E-state index contributed by atoms with van der Waals surface area (Å²) >= 11 is 0. The molecule has 6 heteroatoms. The van der Waals surface area contributed by atoms with Crippen LogP contribution in [0.4, 0.5) is 0 Å². The third-order valence-electron chi connectivity index (χ3n) is 4.71. The van der Waals surface area contributed by atoms with Crippen LogP contribution in [0.5, 0.6) is 0 Å². The Kier molecular flexibility index (Phi) is 2.72. The molecule has 1 aromatic rings. The molecule has 0 saturated heterocycles. The van der Waals surface area contributed by atoms with Gasteiger partial charge in [0.05, 0.1) is 12.5 Å². The SMILES string of the molecule is CC(Cn1nnnc1C1C(C)(C)C1(C)C)C(=O)O. The molecule has 1 aliphatic rings. The highest BCUT2D eigenvalue weighted by molar-refractivity contribution is 5.69. The van der Waals surface area contributed by atoms with Gasteiger partial charge in [-0.1, -0.05) is 34.6 Å². The van der Waals surface area contributed by atoms with Crippen LogP contribution in [0.15, 0.2) is 0 Å². The highest BCUT2D eigenvalue weighted by atomic mass is 16.4. The van der Waals surface area contributed by atoms with Crippen molar-refractivity contribution in [2.45, 2.75) is 47.1 Å². The molecule has 0 radical (unpaired) electrons. The van der Waals surface area contributed by atoms with Crippen LogP contribution in [0.3, 0.4) is 0 Å². The fourth-order valence-electron chi connectivity index (χ4n) is 2.73. The second-order valence-electron chi connectivity index (χ2n) is 6.33. The maximum atomic E-state index is 10.9. The largest absolute Gasteiger partial charge is 0.481 e. The standard InChI is InChI=1S/C12H20N4O2/c1-7(10(17)18)6-16-9(13-14-15-16)8-11(2,3)12(8,4)5/h7-8H,6H2,1-5H3,(H,17,18). The number of nitrogens with zero attached hydrogens (tertiary/aromatic N) is 4. The molecule has 6 nitrogen and oxygen atoms in total. The molecule has 1 unspecified atom stereocenters. The van der Waals surface area contributed by atoms with E-state index in [1.807, 2.05) is 0 Å². The first-order valence-electron chi connectivity index (χ1n) is 6.18. The van der Waals surface area contributed by atoms with E-state index in [2.05, 4.69) is 43.2 Å². The summed E-state index contributed by atoms with van der Waals surface area (Å²) in [6, 6.07) is 0. The van der Waals surface area contributed by atoms with Gasteiger partial charge in [-0.2, -0.15) is 0 Å². The van der Waals surface area contributed by atoms with Crippen molar-refractivity contribution < 1.29 is 9.90 Å². The van der Waals surface area contributed by atoms with Crippen molar-refractivity contribution in [3.63, 3.8) is 0 Å². The van der Waals surface area contributed by atoms with Crippen molar-refractivity contribution in [3.05, 3.63) is 5.82 Å². The first-order chi connectivity index (χ1) is 8.19. The number of carboxylic acid groups (broad SMARTS) is 1. The Hall–Kier alpha value is -1.46. The van der Waals surface area contributed by atoms with Crippen LogP contribution in [0, 0.1) is 16.7 Å². The number of hydrogen-bond acceptors (Lipinski definition) is 4. The van der Waals surface area contributed by atoms with Crippen LogP contribution in [0.1, 0.15) is 46.4 Å². The summed E-state index contributed by atoms with van der Waals surface area (Å²) in [6.07, 6.45) is 0. The third kappa shape index (κ3) is 1.71. The van der Waals surface area contributed by atoms with Gasteiger partial charge in [-0.25, -0.2) is 4.68 Å². The van der Waals surface area contributed by atoms with Crippen molar-refractivity contribution in [2.75, 3.05) is 0 Å². The molecule has 1 aromatic heterocycles. The fourth-order valence-corrected chi connectivity index (χ4v) is 2.73. The molecule has 0 amide bonds. The molecule has 100 valence electrons. The molecule has 1 atom stereocenters. The summed E-state index contributed by atoms with van der Waals surface area (Å²) in [5.41, 5.74) is 0.290. The maximum Gasteiger partial charge on any atom is 0.308 e. The zero-order valence-electron chi connectivity index (χ0n) is 11.5. The molecule has 1 saturated carbocycles. The van der Waals surface area contributed by atoms with E-state index in [0.717, 1.165) is 5.82 Å². The van der Waals surface area contributed by atoms with E-state index in [1.54, 1.807) is 11.6 Å². The Morgan fingerprint density at radius 3 is 2.39 bits per heavy atom. The van der Waals surface area contributed by atoms with E-state index in [-0.39, 0.29) is 16.7 Å². The van der Waals surface area contributed by atoms with Crippen LogP contribution in [-0.2, 0) is 11.3 Å². The highest BCUT2D eigenvalue weighted by Gasteiger charge is 2.67. The first kappa shape index (κ1) is 13.0. The topological polar surface area (TPSA) is 80.9 Å². The smallest absolute Gasteiger partial charge is 0.308 e. The summed E-state index contributed by atoms with van der Waals surface area (Å²) in [5.74, 6) is -0.234. The Labute approximate surface area is 106 Å². The van der Waals surface area contributed by atoms with Crippen molar-refractivity contribution in [2.24, 2.45) is 16.7 Å². The molecule has 0 aliphatic heterocycles. The van der Waals surface area contributed by atoms with Crippen LogP contribution in [0.25, 0.3) is 0 Å². The lowest BCUT2D eigenvalue weighted by molar-refractivity contribution is -0.141. The first-order valence-corrected chi connectivity index (χ1v) is 6.18. The number of tetrazole rings is 1. The fraction of sp³-hybridized carbons (Fsp3) is 0.833. The lowest BCUT2D eigenvalue weighted by Crippen LogP contribution is -2.19. The number of aliphatic carboxylic acids is 1. The molecule has 2 rings (SSSR count). The zero-order valence-corrected chi connectivity index (χ0v) is 11.5. The maximum absolute atomic E-state index is 10.9. The lowest BCUT2D eigenvalue weighted by Gasteiger charge is -2.08. The number of carboxylic acids is 1. The van der Waals surface area contributed by atoms with E-state index < -0.39 is 11.9 Å². The molecule has 1 fully saturated rings. The van der Waals surface area contributed by atoms with Gasteiger partial charge in [0.2, 0.25) is 0 Å². The van der Waals surface area contributed by atoms with Gasteiger partial charge in [0.1, 0.15) is 0 Å². The van der Waals surface area contributed by atoms with Gasteiger partial charge in [0, 0.05) is 5.92 Å². The second kappa shape index (κ2) is 3.76. The van der Waals surface area contributed by atoms with Crippen molar-refractivity contribution in [3.8, 4) is 0 Å². The number of hydrogen-bond donors (Lipinski definition) is 1. The molecule has 18 heavy (non-hydrogen) atoms. The van der Waals surface area contributed by atoms with E-state index in [1.165, 1.54) is 0 Å². The Morgan fingerprint density at radius 2 is 1.94 bits per heavy atom. The average molecular weight is 252 g/mol. The molecule has 1 heterocycles. The number of rotatable bonds is 4. The van der Waals surface area contributed by atoms with E-state index in [0.29, 0.717) is 6.54 Å². The van der Waals surface area contributed by atoms with Gasteiger partial charge >= 0.3 is 5.97 Å². The van der Waals surface area contributed by atoms with E-state index >= 15 is 0 Å². The molecule has 0 spiro atoms. The zero-order chi connectivity index (χ0) is 13.7. The summed E-state index contributed by atoms with van der Waals surface area (Å²) in [4.78, 5) is 10.9. The molecular weight excluding hydrogens is 232 g/mol. The summed E-state index contributed by atoms with van der Waals surface area (Å²) in [7, 11) is 0. The lowest BCUT2D eigenvalue weighted by atomic mass is 10.0. The van der Waals surface area contributed by atoms with Gasteiger partial charge in [0.15, 0.2) is 5.82 Å². The third-order valence-corrected chi connectivity index (χ3v) is 4.71. The molecule has 0 bridgehead atoms. The van der Waals surface area contributed by atoms with Crippen molar-refractivity contribution in [1.29, 1.82) is 0 Å².